The van der Waals surface area contributed by atoms with Crippen LogP contribution in [0.1, 0.15) is 33.1 Å². The van der Waals surface area contributed by atoms with Crippen molar-refractivity contribution in [2.75, 3.05) is 6.54 Å². The molecule has 0 bridgehead atoms. The summed E-state index contributed by atoms with van der Waals surface area (Å²) >= 11 is 0. The predicted octanol–water partition coefficient (Wildman–Crippen LogP) is -0.101. The minimum Gasteiger partial charge on any atom is -0.480 e. The molecule has 1 rings (SSSR count). The number of carbonyl (C=O) groups excluding carboxylic acids is 2. The lowest BCUT2D eigenvalue weighted by atomic mass is 10.0. The molecular weight excluding hydrogens is 238 g/mol. The van der Waals surface area contributed by atoms with Gasteiger partial charge in [0.1, 0.15) is 6.04 Å². The van der Waals surface area contributed by atoms with Crippen molar-refractivity contribution in [2.24, 2.45) is 5.73 Å². The van der Waals surface area contributed by atoms with Crippen LogP contribution < -0.4 is 11.1 Å². The monoisotopic (exact) mass is 257 g/mol. The summed E-state index contributed by atoms with van der Waals surface area (Å²) in [5.74, 6) is -2.03. The van der Waals surface area contributed by atoms with Crippen molar-refractivity contribution in [1.82, 2.24) is 10.2 Å². The quantitative estimate of drug-likeness (QED) is 0.652. The van der Waals surface area contributed by atoms with Crippen molar-refractivity contribution in [1.29, 1.82) is 0 Å². The van der Waals surface area contributed by atoms with E-state index in [-0.39, 0.29) is 5.54 Å². The molecule has 1 aliphatic rings. The van der Waals surface area contributed by atoms with Crippen LogP contribution in [-0.4, -0.2) is 46.0 Å². The van der Waals surface area contributed by atoms with Gasteiger partial charge in [0.05, 0.1) is 6.42 Å². The van der Waals surface area contributed by atoms with E-state index in [4.69, 9.17) is 10.8 Å². The molecule has 1 unspecified atom stereocenters. The number of urea groups is 1. The van der Waals surface area contributed by atoms with Gasteiger partial charge in [-0.15, -0.1) is 0 Å². The summed E-state index contributed by atoms with van der Waals surface area (Å²) in [6.45, 7) is 4.43. The molecule has 0 aromatic heterocycles. The fourth-order valence-electron chi connectivity index (χ4n) is 2.11. The number of rotatable bonds is 4. The molecule has 7 heteroatoms. The number of nitrogens with zero attached hydrogens (tertiary/aromatic N) is 1. The van der Waals surface area contributed by atoms with E-state index in [9.17, 15) is 14.4 Å². The molecule has 0 radical (unpaired) electrons. The van der Waals surface area contributed by atoms with E-state index in [1.165, 1.54) is 0 Å². The standard InChI is InChI=1S/C11H19N3O4/c1-11(2)4-3-5-14(11)10(18)13-7(9(16)17)6-8(12)15/h7H,3-6H2,1-2H3,(H2,12,15)(H,13,18)(H,16,17). The van der Waals surface area contributed by atoms with Gasteiger partial charge in [0.25, 0.3) is 0 Å². The van der Waals surface area contributed by atoms with E-state index in [0.29, 0.717) is 6.54 Å². The summed E-state index contributed by atoms with van der Waals surface area (Å²) in [6.07, 6.45) is 1.34. The highest BCUT2D eigenvalue weighted by Crippen LogP contribution is 2.27. The molecule has 0 aliphatic carbocycles. The summed E-state index contributed by atoms with van der Waals surface area (Å²) in [4.78, 5) is 35.2. The topological polar surface area (TPSA) is 113 Å². The molecule has 1 fully saturated rings. The second-order valence-electron chi connectivity index (χ2n) is 5.08. The number of hydrogen-bond acceptors (Lipinski definition) is 3. The predicted molar refractivity (Wildman–Crippen MR) is 63.8 cm³/mol. The lowest BCUT2D eigenvalue weighted by molar-refractivity contribution is -0.141. The van der Waals surface area contributed by atoms with E-state index in [2.05, 4.69) is 5.32 Å². The molecule has 1 atom stereocenters. The van der Waals surface area contributed by atoms with Crippen LogP contribution in [0, 0.1) is 0 Å². The number of aliphatic carboxylic acids is 1. The SMILES string of the molecule is CC1(C)CCCN1C(=O)NC(CC(N)=O)C(=O)O. The van der Waals surface area contributed by atoms with Gasteiger partial charge in [-0.2, -0.15) is 0 Å². The molecule has 7 nitrogen and oxygen atoms in total. The number of carboxylic acid groups (broad SMARTS) is 1. The Morgan fingerprint density at radius 1 is 1.44 bits per heavy atom. The molecular formula is C11H19N3O4. The molecule has 3 amide bonds. The van der Waals surface area contributed by atoms with Crippen molar-refractivity contribution in [3.8, 4) is 0 Å². The van der Waals surface area contributed by atoms with E-state index in [1.54, 1.807) is 4.90 Å². The van der Waals surface area contributed by atoms with Crippen LogP contribution in [0.4, 0.5) is 4.79 Å². The highest BCUT2D eigenvalue weighted by atomic mass is 16.4. The van der Waals surface area contributed by atoms with Crippen LogP contribution in [0.3, 0.4) is 0 Å². The van der Waals surface area contributed by atoms with Gasteiger partial charge in [0.15, 0.2) is 0 Å². The van der Waals surface area contributed by atoms with E-state index < -0.39 is 30.4 Å². The van der Waals surface area contributed by atoms with Crippen LogP contribution in [0.25, 0.3) is 0 Å². The van der Waals surface area contributed by atoms with Crippen molar-refractivity contribution >= 4 is 17.9 Å². The van der Waals surface area contributed by atoms with Gasteiger partial charge < -0.3 is 21.1 Å². The Balaban J connectivity index is 2.67. The second-order valence-corrected chi connectivity index (χ2v) is 5.08. The van der Waals surface area contributed by atoms with E-state index >= 15 is 0 Å². The normalized spacial score (nSPS) is 19.3. The highest BCUT2D eigenvalue weighted by molar-refractivity contribution is 5.87. The van der Waals surface area contributed by atoms with E-state index in [0.717, 1.165) is 12.8 Å². The van der Waals surface area contributed by atoms with Gasteiger partial charge in [-0.05, 0) is 26.7 Å². The first-order valence-electron chi connectivity index (χ1n) is 5.83. The highest BCUT2D eigenvalue weighted by Gasteiger charge is 2.36. The number of likely N-dealkylation sites (tertiary alicyclic amines) is 1. The van der Waals surface area contributed by atoms with Crippen molar-refractivity contribution in [2.45, 2.75) is 44.7 Å². The first-order chi connectivity index (χ1) is 8.24. The van der Waals surface area contributed by atoms with Crippen LogP contribution in [0.5, 0.6) is 0 Å². The molecule has 1 aliphatic heterocycles. The zero-order valence-corrected chi connectivity index (χ0v) is 10.6. The Bertz CT molecular complexity index is 367. The Morgan fingerprint density at radius 3 is 2.44 bits per heavy atom. The summed E-state index contributed by atoms with van der Waals surface area (Å²) in [5, 5.41) is 11.2. The van der Waals surface area contributed by atoms with Gasteiger partial charge in [-0.3, -0.25) is 4.79 Å². The molecule has 102 valence electrons. The summed E-state index contributed by atoms with van der Waals surface area (Å²) in [6, 6.07) is -1.74. The number of amides is 3. The maximum absolute atomic E-state index is 12.0. The largest absolute Gasteiger partial charge is 0.480 e. The number of carbonyl (C=O) groups is 3. The Morgan fingerprint density at radius 2 is 2.06 bits per heavy atom. The third-order valence-electron chi connectivity index (χ3n) is 3.15. The van der Waals surface area contributed by atoms with Gasteiger partial charge in [-0.1, -0.05) is 0 Å². The first-order valence-corrected chi connectivity index (χ1v) is 5.83. The molecule has 18 heavy (non-hydrogen) atoms. The molecule has 0 aromatic rings. The van der Waals surface area contributed by atoms with Gasteiger partial charge in [0, 0.05) is 12.1 Å². The average Bonchev–Trinajstić information content (AvgIpc) is 2.56. The number of nitrogens with one attached hydrogen (secondary N) is 1. The second kappa shape index (κ2) is 5.24. The number of nitrogens with two attached hydrogens (primary N) is 1. The Hall–Kier alpha value is -1.79. The van der Waals surface area contributed by atoms with Crippen molar-refractivity contribution in [3.63, 3.8) is 0 Å². The van der Waals surface area contributed by atoms with Gasteiger partial charge in [-0.25, -0.2) is 9.59 Å². The lowest BCUT2D eigenvalue weighted by Gasteiger charge is -2.32. The zero-order valence-electron chi connectivity index (χ0n) is 10.6. The lowest BCUT2D eigenvalue weighted by Crippen LogP contribution is -2.53. The molecule has 0 saturated carbocycles. The van der Waals surface area contributed by atoms with E-state index in [1.807, 2.05) is 13.8 Å². The summed E-state index contributed by atoms with van der Waals surface area (Å²) in [7, 11) is 0. The minimum absolute atomic E-state index is 0.292. The van der Waals surface area contributed by atoms with Gasteiger partial charge >= 0.3 is 12.0 Å². The molecule has 1 heterocycles. The number of hydrogen-bond donors (Lipinski definition) is 3. The maximum Gasteiger partial charge on any atom is 0.326 e. The van der Waals surface area contributed by atoms with Crippen molar-refractivity contribution < 1.29 is 19.5 Å². The van der Waals surface area contributed by atoms with Crippen molar-refractivity contribution in [3.05, 3.63) is 0 Å². The number of carboxylic acids is 1. The summed E-state index contributed by atoms with van der Waals surface area (Å²) in [5.41, 5.74) is 4.65. The van der Waals surface area contributed by atoms with Crippen LogP contribution in [0.2, 0.25) is 0 Å². The van der Waals surface area contributed by atoms with Crippen LogP contribution in [-0.2, 0) is 9.59 Å². The first kappa shape index (κ1) is 14.3. The molecule has 1 saturated heterocycles. The fraction of sp³-hybridized carbons (Fsp3) is 0.727. The van der Waals surface area contributed by atoms with Gasteiger partial charge in [0.2, 0.25) is 5.91 Å². The minimum atomic E-state index is -1.27. The van der Waals surface area contributed by atoms with Crippen LogP contribution in [0.15, 0.2) is 0 Å². The zero-order chi connectivity index (χ0) is 13.9. The molecule has 0 spiro atoms. The maximum atomic E-state index is 12.0. The fourth-order valence-corrected chi connectivity index (χ4v) is 2.11. The number of primary amides is 1. The van der Waals surface area contributed by atoms with Crippen LogP contribution >= 0.6 is 0 Å². The third kappa shape index (κ3) is 3.35. The smallest absolute Gasteiger partial charge is 0.326 e. The summed E-state index contributed by atoms with van der Waals surface area (Å²) < 4.78 is 0. The Labute approximate surface area is 105 Å². The Kier molecular flexibility index (Phi) is 4.15. The third-order valence-corrected chi connectivity index (χ3v) is 3.15. The molecule has 4 N–H and O–H groups in total. The average molecular weight is 257 g/mol. The molecule has 0 aromatic carbocycles.